The highest BCUT2D eigenvalue weighted by Crippen LogP contribution is 2.23. The number of aromatic nitrogens is 1. The summed E-state index contributed by atoms with van der Waals surface area (Å²) in [6.07, 6.45) is 5.40. The Morgan fingerprint density at radius 2 is 1.76 bits per heavy atom. The summed E-state index contributed by atoms with van der Waals surface area (Å²) >= 11 is 5.99. The van der Waals surface area contributed by atoms with Crippen molar-refractivity contribution in [3.63, 3.8) is 0 Å². The van der Waals surface area contributed by atoms with Crippen LogP contribution < -0.4 is 14.9 Å². The predicted molar refractivity (Wildman–Crippen MR) is 133 cm³/mol. The minimum Gasteiger partial charge on any atom is -0.480 e. The SMILES string of the molecule is O=C(O)C(CNS(=O)(=O)c1ccc2cc(Cl)ccc2c1)NCC1CCN(c2ccncc2)CC1. The zero-order valence-electron chi connectivity index (χ0n) is 18.5. The number of fused-ring (bicyclic) bond motifs is 1. The number of hydrogen-bond donors (Lipinski definition) is 3. The van der Waals surface area contributed by atoms with Gasteiger partial charge in [0.1, 0.15) is 6.04 Å². The van der Waals surface area contributed by atoms with E-state index in [2.05, 4.69) is 19.9 Å². The zero-order valence-corrected chi connectivity index (χ0v) is 20.1. The van der Waals surface area contributed by atoms with Crippen LogP contribution in [0.2, 0.25) is 5.02 Å². The van der Waals surface area contributed by atoms with Crippen LogP contribution in [-0.2, 0) is 14.8 Å². The van der Waals surface area contributed by atoms with Crippen LogP contribution >= 0.6 is 11.6 Å². The molecule has 1 saturated heterocycles. The molecular weight excluding hydrogens is 476 g/mol. The average molecular weight is 503 g/mol. The lowest BCUT2D eigenvalue weighted by atomic mass is 9.96. The molecule has 4 rings (SSSR count). The van der Waals surface area contributed by atoms with E-state index < -0.39 is 22.0 Å². The number of halogens is 1. The summed E-state index contributed by atoms with van der Waals surface area (Å²) in [5.74, 6) is -0.770. The number of carboxylic acids is 1. The molecule has 0 radical (unpaired) electrons. The molecule has 10 heteroatoms. The maximum atomic E-state index is 12.8. The minimum absolute atomic E-state index is 0.0787. The summed E-state index contributed by atoms with van der Waals surface area (Å²) < 4.78 is 28.0. The number of nitrogens with one attached hydrogen (secondary N) is 2. The van der Waals surface area contributed by atoms with Gasteiger partial charge >= 0.3 is 5.97 Å². The highest BCUT2D eigenvalue weighted by Gasteiger charge is 2.25. The maximum absolute atomic E-state index is 12.8. The quantitative estimate of drug-likeness (QED) is 0.412. The second-order valence-corrected chi connectivity index (χ2v) is 10.6. The fourth-order valence-corrected chi connectivity index (χ4v) is 5.41. The van der Waals surface area contributed by atoms with Crippen molar-refractivity contribution in [1.29, 1.82) is 0 Å². The molecule has 180 valence electrons. The number of aliphatic carboxylic acids is 1. The molecule has 2 aromatic carbocycles. The third-order valence-electron chi connectivity index (χ3n) is 6.15. The Balaban J connectivity index is 1.31. The topological polar surface area (TPSA) is 112 Å². The van der Waals surface area contributed by atoms with Gasteiger partial charge in [0, 0.05) is 42.7 Å². The Morgan fingerprint density at radius 3 is 2.47 bits per heavy atom. The van der Waals surface area contributed by atoms with Gasteiger partial charge in [-0.2, -0.15) is 0 Å². The van der Waals surface area contributed by atoms with Gasteiger partial charge in [-0.05, 0) is 72.5 Å². The van der Waals surface area contributed by atoms with Crippen molar-refractivity contribution < 1.29 is 18.3 Å². The lowest BCUT2D eigenvalue weighted by molar-refractivity contribution is -0.139. The normalized spacial score (nSPS) is 16.0. The smallest absolute Gasteiger partial charge is 0.322 e. The molecule has 2 heterocycles. The molecule has 3 aromatic rings. The number of carboxylic acid groups (broad SMARTS) is 1. The molecular formula is C24H27ClN4O4S. The summed E-state index contributed by atoms with van der Waals surface area (Å²) in [4.78, 5) is 18.2. The molecule has 0 saturated carbocycles. The highest BCUT2D eigenvalue weighted by molar-refractivity contribution is 7.89. The molecule has 1 atom stereocenters. The number of rotatable bonds is 9. The van der Waals surface area contributed by atoms with Crippen molar-refractivity contribution in [2.24, 2.45) is 5.92 Å². The van der Waals surface area contributed by atoms with E-state index in [-0.39, 0.29) is 11.4 Å². The van der Waals surface area contributed by atoms with E-state index >= 15 is 0 Å². The molecule has 0 amide bonds. The third-order valence-corrected chi connectivity index (χ3v) is 7.81. The summed E-state index contributed by atoms with van der Waals surface area (Å²) in [6.45, 7) is 2.04. The fourth-order valence-electron chi connectivity index (χ4n) is 4.14. The number of carbonyl (C=O) groups is 1. The molecule has 0 bridgehead atoms. The largest absolute Gasteiger partial charge is 0.480 e. The lowest BCUT2D eigenvalue weighted by Gasteiger charge is -2.34. The Labute approximate surface area is 204 Å². The van der Waals surface area contributed by atoms with Gasteiger partial charge in [0.25, 0.3) is 0 Å². The first-order valence-corrected chi connectivity index (χ1v) is 13.0. The van der Waals surface area contributed by atoms with Crippen molar-refractivity contribution in [2.75, 3.05) is 31.1 Å². The van der Waals surface area contributed by atoms with E-state index in [0.29, 0.717) is 17.5 Å². The van der Waals surface area contributed by atoms with Gasteiger partial charge in [-0.1, -0.05) is 23.7 Å². The van der Waals surface area contributed by atoms with Gasteiger partial charge in [0.15, 0.2) is 0 Å². The van der Waals surface area contributed by atoms with Gasteiger partial charge in [0.2, 0.25) is 10.0 Å². The molecule has 3 N–H and O–H groups in total. The van der Waals surface area contributed by atoms with Crippen molar-refractivity contribution in [3.05, 3.63) is 65.9 Å². The van der Waals surface area contributed by atoms with E-state index in [9.17, 15) is 18.3 Å². The van der Waals surface area contributed by atoms with Crippen LogP contribution in [0.25, 0.3) is 10.8 Å². The highest BCUT2D eigenvalue weighted by atomic mass is 35.5. The van der Waals surface area contributed by atoms with Crippen LogP contribution in [0.3, 0.4) is 0 Å². The number of piperidine rings is 1. The molecule has 34 heavy (non-hydrogen) atoms. The summed E-state index contributed by atoms with van der Waals surface area (Å²) in [7, 11) is -3.87. The first kappa shape index (κ1) is 24.4. The monoisotopic (exact) mass is 502 g/mol. The molecule has 1 fully saturated rings. The first-order valence-electron chi connectivity index (χ1n) is 11.1. The number of hydrogen-bond acceptors (Lipinski definition) is 6. The van der Waals surface area contributed by atoms with E-state index in [4.69, 9.17) is 11.6 Å². The standard InChI is InChI=1S/C24H27ClN4O4S/c25-20-3-1-19-14-22(4-2-18(19)13-20)34(32,33)28-16-23(24(30)31)27-15-17-7-11-29(12-8-17)21-5-9-26-10-6-21/h1-6,9-10,13-14,17,23,27-28H,7-8,11-12,15-16H2,(H,30,31). The molecule has 1 aliphatic rings. The van der Waals surface area contributed by atoms with Gasteiger partial charge in [-0.3, -0.25) is 9.78 Å². The maximum Gasteiger partial charge on any atom is 0.322 e. The second-order valence-electron chi connectivity index (χ2n) is 8.44. The first-order chi connectivity index (χ1) is 16.3. The molecule has 1 aliphatic heterocycles. The predicted octanol–water partition coefficient (Wildman–Crippen LogP) is 3.13. The van der Waals surface area contributed by atoms with Crippen LogP contribution in [-0.4, -0.2) is 56.7 Å². The molecule has 0 aliphatic carbocycles. The number of nitrogens with zero attached hydrogens (tertiary/aromatic N) is 2. The Morgan fingerprint density at radius 1 is 1.09 bits per heavy atom. The Kier molecular flexibility index (Phi) is 7.67. The van der Waals surface area contributed by atoms with E-state index in [1.807, 2.05) is 12.1 Å². The number of anilines is 1. The molecule has 1 aromatic heterocycles. The van der Waals surface area contributed by atoms with Gasteiger partial charge < -0.3 is 15.3 Å². The van der Waals surface area contributed by atoms with Crippen LogP contribution in [0, 0.1) is 5.92 Å². The van der Waals surface area contributed by atoms with Crippen LogP contribution in [0.15, 0.2) is 65.8 Å². The Hall–Kier alpha value is -2.72. The number of pyridine rings is 1. The second kappa shape index (κ2) is 10.7. The third kappa shape index (κ3) is 6.04. The molecule has 1 unspecified atom stereocenters. The van der Waals surface area contributed by atoms with Gasteiger partial charge in [-0.15, -0.1) is 0 Å². The number of benzene rings is 2. The van der Waals surface area contributed by atoms with Crippen molar-refractivity contribution >= 4 is 44.1 Å². The number of sulfonamides is 1. The van der Waals surface area contributed by atoms with E-state index in [1.165, 1.54) is 6.07 Å². The van der Waals surface area contributed by atoms with Gasteiger partial charge in [-0.25, -0.2) is 13.1 Å². The minimum atomic E-state index is -3.87. The molecule has 8 nitrogen and oxygen atoms in total. The van der Waals surface area contributed by atoms with Crippen LogP contribution in [0.1, 0.15) is 12.8 Å². The fraction of sp³-hybridized carbons (Fsp3) is 0.333. The lowest BCUT2D eigenvalue weighted by Crippen LogP contribution is -2.48. The van der Waals surface area contributed by atoms with Crippen LogP contribution in [0.4, 0.5) is 5.69 Å². The van der Waals surface area contributed by atoms with E-state index in [1.54, 1.807) is 42.7 Å². The molecule has 0 spiro atoms. The summed E-state index contributed by atoms with van der Waals surface area (Å²) in [5.41, 5.74) is 1.14. The van der Waals surface area contributed by atoms with Crippen molar-refractivity contribution in [1.82, 2.24) is 15.0 Å². The van der Waals surface area contributed by atoms with E-state index in [0.717, 1.165) is 42.4 Å². The zero-order chi connectivity index (χ0) is 24.1. The van der Waals surface area contributed by atoms with Gasteiger partial charge in [0.05, 0.1) is 4.90 Å². The average Bonchev–Trinajstić information content (AvgIpc) is 2.84. The summed E-state index contributed by atoms with van der Waals surface area (Å²) in [5, 5.41) is 14.8. The van der Waals surface area contributed by atoms with Crippen molar-refractivity contribution in [3.8, 4) is 0 Å². The summed E-state index contributed by atoms with van der Waals surface area (Å²) in [6, 6.07) is 12.9. The van der Waals surface area contributed by atoms with Crippen molar-refractivity contribution in [2.45, 2.75) is 23.8 Å². The van der Waals surface area contributed by atoms with Crippen LogP contribution in [0.5, 0.6) is 0 Å². The Bertz CT molecular complexity index is 1250.